The van der Waals surface area contributed by atoms with E-state index >= 15 is 0 Å². The maximum absolute atomic E-state index is 8.63. The molecule has 4 heteroatoms. The van der Waals surface area contributed by atoms with E-state index in [1.54, 1.807) is 0 Å². The molecule has 4 nitrogen and oxygen atoms in total. The highest BCUT2D eigenvalue weighted by molar-refractivity contribution is 5.80. The summed E-state index contributed by atoms with van der Waals surface area (Å²) in [4.78, 5) is 2.57. The lowest BCUT2D eigenvalue weighted by atomic mass is 10.0. The number of oxime groups is 1. The van der Waals surface area contributed by atoms with Gasteiger partial charge in [-0.3, -0.25) is 0 Å². The number of likely N-dealkylation sites (tertiary alicyclic amines) is 1. The van der Waals surface area contributed by atoms with Crippen molar-refractivity contribution in [1.29, 1.82) is 0 Å². The molecular formula is C12H23N3O. The zero-order valence-electron chi connectivity index (χ0n) is 9.99. The van der Waals surface area contributed by atoms with Crippen LogP contribution in [0.3, 0.4) is 0 Å². The van der Waals surface area contributed by atoms with Crippen LogP contribution in [0.2, 0.25) is 0 Å². The molecule has 2 fully saturated rings. The average Bonchev–Trinajstić information content (AvgIpc) is 3.05. The fourth-order valence-corrected chi connectivity index (χ4v) is 2.76. The molecule has 0 radical (unpaired) electrons. The number of hydrogen-bond donors (Lipinski definition) is 2. The summed E-state index contributed by atoms with van der Waals surface area (Å²) in [5, 5.41) is 11.7. The molecule has 1 heterocycles. The van der Waals surface area contributed by atoms with Crippen molar-refractivity contribution in [3.05, 3.63) is 0 Å². The number of rotatable bonds is 4. The second kappa shape index (κ2) is 5.04. The van der Waals surface area contributed by atoms with Crippen molar-refractivity contribution in [2.24, 2.45) is 16.3 Å². The molecule has 0 unspecified atom stereocenters. The zero-order valence-corrected chi connectivity index (χ0v) is 9.99. The molecule has 0 spiro atoms. The number of hydrogen-bond acceptors (Lipinski definition) is 3. The minimum absolute atomic E-state index is 0.334. The smallest absolute Gasteiger partial charge is 0.139 e. The van der Waals surface area contributed by atoms with E-state index in [4.69, 9.17) is 10.9 Å². The number of nitrogens with two attached hydrogens (primary N) is 1. The van der Waals surface area contributed by atoms with Gasteiger partial charge in [-0.2, -0.15) is 0 Å². The quantitative estimate of drug-likeness (QED) is 0.332. The van der Waals surface area contributed by atoms with Crippen LogP contribution < -0.4 is 5.73 Å². The Balaban J connectivity index is 1.83. The lowest BCUT2D eigenvalue weighted by Crippen LogP contribution is -2.33. The van der Waals surface area contributed by atoms with Crippen molar-refractivity contribution in [1.82, 2.24) is 4.90 Å². The zero-order chi connectivity index (χ0) is 11.4. The van der Waals surface area contributed by atoms with E-state index in [0.29, 0.717) is 11.3 Å². The Morgan fingerprint density at radius 2 is 1.81 bits per heavy atom. The Kier molecular flexibility index (Phi) is 3.69. The predicted molar refractivity (Wildman–Crippen MR) is 64.6 cm³/mol. The van der Waals surface area contributed by atoms with Gasteiger partial charge in [0, 0.05) is 13.0 Å². The van der Waals surface area contributed by atoms with Gasteiger partial charge in [0.15, 0.2) is 0 Å². The molecule has 2 aliphatic rings. The summed E-state index contributed by atoms with van der Waals surface area (Å²) >= 11 is 0. The van der Waals surface area contributed by atoms with Gasteiger partial charge in [-0.15, -0.1) is 0 Å². The second-order valence-corrected chi connectivity index (χ2v) is 5.46. The van der Waals surface area contributed by atoms with Gasteiger partial charge < -0.3 is 15.8 Å². The van der Waals surface area contributed by atoms with E-state index in [2.05, 4.69) is 10.1 Å². The van der Waals surface area contributed by atoms with E-state index < -0.39 is 0 Å². The SMILES string of the molecule is NC(CC1(CN2CCCCCC2)CC1)=NO. The van der Waals surface area contributed by atoms with Crippen LogP contribution in [0, 0.1) is 5.41 Å². The topological polar surface area (TPSA) is 61.8 Å². The van der Waals surface area contributed by atoms with Crippen molar-refractivity contribution >= 4 is 5.84 Å². The van der Waals surface area contributed by atoms with Gasteiger partial charge in [-0.05, 0) is 44.2 Å². The first kappa shape index (κ1) is 11.7. The molecular weight excluding hydrogens is 202 g/mol. The van der Waals surface area contributed by atoms with Crippen molar-refractivity contribution < 1.29 is 5.21 Å². The summed E-state index contributed by atoms with van der Waals surface area (Å²) in [5.74, 6) is 0.396. The molecule has 92 valence electrons. The molecule has 2 rings (SSSR count). The third-order valence-electron chi connectivity index (χ3n) is 3.90. The van der Waals surface area contributed by atoms with Gasteiger partial charge in [0.1, 0.15) is 5.84 Å². The average molecular weight is 225 g/mol. The summed E-state index contributed by atoms with van der Waals surface area (Å²) in [6.07, 6.45) is 8.66. The highest BCUT2D eigenvalue weighted by Gasteiger charge is 2.44. The van der Waals surface area contributed by atoms with Crippen LogP contribution in [0.15, 0.2) is 5.16 Å². The number of amidine groups is 1. The van der Waals surface area contributed by atoms with Crippen LogP contribution >= 0.6 is 0 Å². The standard InChI is InChI=1S/C12H23N3O/c13-11(14-16)9-12(5-6-12)10-15-7-3-1-2-4-8-15/h16H,1-10H2,(H2,13,14). The maximum atomic E-state index is 8.63. The molecule has 3 N–H and O–H groups in total. The van der Waals surface area contributed by atoms with Gasteiger partial charge in [0.25, 0.3) is 0 Å². The van der Waals surface area contributed by atoms with E-state index in [1.807, 2.05) is 0 Å². The summed E-state index contributed by atoms with van der Waals surface area (Å²) in [7, 11) is 0. The lowest BCUT2D eigenvalue weighted by Gasteiger charge is -2.25. The Morgan fingerprint density at radius 1 is 1.19 bits per heavy atom. The van der Waals surface area contributed by atoms with Crippen molar-refractivity contribution in [3.63, 3.8) is 0 Å². The van der Waals surface area contributed by atoms with Gasteiger partial charge in [0.2, 0.25) is 0 Å². The molecule has 1 aliphatic heterocycles. The van der Waals surface area contributed by atoms with Gasteiger partial charge in [-0.25, -0.2) is 0 Å². The Bertz CT molecular complexity index is 253. The van der Waals surface area contributed by atoms with Crippen LogP contribution in [0.1, 0.15) is 44.9 Å². The third-order valence-corrected chi connectivity index (χ3v) is 3.90. The van der Waals surface area contributed by atoms with Crippen LogP contribution in [-0.4, -0.2) is 35.6 Å². The lowest BCUT2D eigenvalue weighted by molar-refractivity contribution is 0.228. The molecule has 0 amide bonds. The first-order valence-corrected chi connectivity index (χ1v) is 6.43. The van der Waals surface area contributed by atoms with E-state index in [9.17, 15) is 0 Å². The monoisotopic (exact) mass is 225 g/mol. The molecule has 0 bridgehead atoms. The van der Waals surface area contributed by atoms with Crippen LogP contribution in [-0.2, 0) is 0 Å². The molecule has 1 aliphatic carbocycles. The number of nitrogens with zero attached hydrogens (tertiary/aromatic N) is 2. The highest BCUT2D eigenvalue weighted by atomic mass is 16.4. The minimum atomic E-state index is 0.334. The van der Waals surface area contributed by atoms with Gasteiger partial charge in [-0.1, -0.05) is 18.0 Å². The minimum Gasteiger partial charge on any atom is -0.409 e. The fraction of sp³-hybridized carbons (Fsp3) is 0.917. The van der Waals surface area contributed by atoms with Gasteiger partial charge in [0.05, 0.1) is 0 Å². The third kappa shape index (κ3) is 3.11. The van der Waals surface area contributed by atoms with E-state index in [-0.39, 0.29) is 0 Å². The molecule has 16 heavy (non-hydrogen) atoms. The van der Waals surface area contributed by atoms with Crippen LogP contribution in [0.4, 0.5) is 0 Å². The van der Waals surface area contributed by atoms with Crippen molar-refractivity contribution in [3.8, 4) is 0 Å². The molecule has 0 atom stereocenters. The molecule has 0 aromatic rings. The summed E-state index contributed by atoms with van der Waals surface area (Å²) in [6, 6.07) is 0. The molecule has 1 saturated carbocycles. The molecule has 1 saturated heterocycles. The van der Waals surface area contributed by atoms with E-state index in [1.165, 1.54) is 51.6 Å². The second-order valence-electron chi connectivity index (χ2n) is 5.46. The summed E-state index contributed by atoms with van der Waals surface area (Å²) < 4.78 is 0. The first-order valence-electron chi connectivity index (χ1n) is 6.43. The summed E-state index contributed by atoms with van der Waals surface area (Å²) in [5.41, 5.74) is 5.95. The largest absolute Gasteiger partial charge is 0.409 e. The van der Waals surface area contributed by atoms with Crippen molar-refractivity contribution in [2.75, 3.05) is 19.6 Å². The van der Waals surface area contributed by atoms with E-state index in [0.717, 1.165) is 13.0 Å². The van der Waals surface area contributed by atoms with Crippen LogP contribution in [0.25, 0.3) is 0 Å². The Labute approximate surface area is 97.5 Å². The molecule has 0 aromatic heterocycles. The highest BCUT2D eigenvalue weighted by Crippen LogP contribution is 2.49. The maximum Gasteiger partial charge on any atom is 0.139 e. The summed E-state index contributed by atoms with van der Waals surface area (Å²) in [6.45, 7) is 3.61. The van der Waals surface area contributed by atoms with Crippen LogP contribution in [0.5, 0.6) is 0 Å². The van der Waals surface area contributed by atoms with Crippen molar-refractivity contribution in [2.45, 2.75) is 44.9 Å². The normalized spacial score (nSPS) is 26.4. The fourth-order valence-electron chi connectivity index (χ4n) is 2.76. The van der Waals surface area contributed by atoms with Gasteiger partial charge >= 0.3 is 0 Å². The Morgan fingerprint density at radius 3 is 2.31 bits per heavy atom. The molecule has 0 aromatic carbocycles. The Hall–Kier alpha value is -0.770. The predicted octanol–water partition coefficient (Wildman–Crippen LogP) is 1.78. The first-order chi connectivity index (χ1) is 7.74.